The first-order valence-electron chi connectivity index (χ1n) is 6.44. The molecule has 2 N–H and O–H groups in total. The first kappa shape index (κ1) is 10.2. The number of rotatable bonds is 2. The molecule has 2 fully saturated rings. The lowest BCUT2D eigenvalue weighted by Gasteiger charge is -2.38. The van der Waals surface area contributed by atoms with Crippen LogP contribution in [0.25, 0.3) is 0 Å². The molecule has 0 saturated heterocycles. The molecule has 2 aliphatic rings. The first-order valence-corrected chi connectivity index (χ1v) is 6.44. The monoisotopic (exact) mass is 220 g/mol. The highest BCUT2D eigenvalue weighted by molar-refractivity contribution is 5.31. The second-order valence-electron chi connectivity index (χ2n) is 5.70. The lowest BCUT2D eigenvalue weighted by atomic mass is 9.66. The fourth-order valence-corrected chi connectivity index (χ4v) is 3.94. The van der Waals surface area contributed by atoms with Crippen molar-refractivity contribution in [3.63, 3.8) is 0 Å². The molecule has 2 saturated carbocycles. The number of nitrogens with two attached hydrogens (primary N) is 1. The molecule has 2 bridgehead atoms. The minimum atomic E-state index is 0.231. The smallest absolute Gasteiger partial charge is 0.167 e. The van der Waals surface area contributed by atoms with Crippen LogP contribution >= 0.6 is 0 Å². The Morgan fingerprint density at radius 1 is 1.44 bits per heavy atom. The van der Waals surface area contributed by atoms with E-state index in [9.17, 15) is 0 Å². The first-order chi connectivity index (χ1) is 7.72. The second-order valence-corrected chi connectivity index (χ2v) is 5.70. The molecule has 3 nitrogen and oxygen atoms in total. The molecule has 0 aliphatic heterocycles. The highest BCUT2D eigenvalue weighted by atomic mass is 16.5. The largest absolute Gasteiger partial charge is 0.381 e. The summed E-state index contributed by atoms with van der Waals surface area (Å²) in [5, 5.41) is 3.86. The number of hydrogen-bond donors (Lipinski definition) is 1. The fraction of sp³-hybridized carbons (Fsp3) is 0.769. The van der Waals surface area contributed by atoms with Gasteiger partial charge in [-0.05, 0) is 37.5 Å². The Bertz CT molecular complexity index is 373. The van der Waals surface area contributed by atoms with Crippen molar-refractivity contribution >= 4 is 5.82 Å². The maximum Gasteiger partial charge on any atom is 0.167 e. The van der Waals surface area contributed by atoms with Crippen molar-refractivity contribution in [2.75, 3.05) is 5.73 Å². The van der Waals surface area contributed by atoms with Gasteiger partial charge < -0.3 is 10.3 Å². The summed E-state index contributed by atoms with van der Waals surface area (Å²) in [6.07, 6.45) is 7.95. The number of fused-ring (bicyclic) bond motifs is 2. The highest BCUT2D eigenvalue weighted by Crippen LogP contribution is 2.53. The van der Waals surface area contributed by atoms with Crippen molar-refractivity contribution in [2.45, 2.75) is 50.9 Å². The predicted molar refractivity (Wildman–Crippen MR) is 62.9 cm³/mol. The molecule has 2 atom stereocenters. The Morgan fingerprint density at radius 2 is 2.12 bits per heavy atom. The number of anilines is 1. The number of aromatic nitrogens is 1. The standard InChI is InChI=1S/C13H20N2O/c1-2-13(11-6-12(14)15-16-11)7-9-3-4-10(5-9)8-13/h6,9-10H,2-5,7-8H2,1H3,(H2,14,15). The van der Waals surface area contributed by atoms with Crippen LogP contribution in [-0.4, -0.2) is 5.16 Å². The minimum absolute atomic E-state index is 0.231. The van der Waals surface area contributed by atoms with Crippen molar-refractivity contribution in [3.8, 4) is 0 Å². The molecule has 2 unspecified atom stereocenters. The lowest BCUT2D eigenvalue weighted by molar-refractivity contribution is 0.165. The van der Waals surface area contributed by atoms with Gasteiger partial charge in [0.05, 0.1) is 0 Å². The Balaban J connectivity index is 1.94. The quantitative estimate of drug-likeness (QED) is 0.833. The van der Waals surface area contributed by atoms with E-state index in [0.717, 1.165) is 24.0 Å². The number of nitrogens with zero attached hydrogens (tertiary/aromatic N) is 1. The molecule has 0 spiro atoms. The number of hydrogen-bond acceptors (Lipinski definition) is 3. The highest BCUT2D eigenvalue weighted by Gasteiger charge is 2.45. The van der Waals surface area contributed by atoms with Crippen molar-refractivity contribution in [1.82, 2.24) is 5.16 Å². The zero-order chi connectivity index (χ0) is 11.2. The molecule has 2 aliphatic carbocycles. The maximum absolute atomic E-state index is 5.68. The normalized spacial score (nSPS) is 37.8. The fourth-order valence-electron chi connectivity index (χ4n) is 3.94. The van der Waals surface area contributed by atoms with E-state index in [-0.39, 0.29) is 5.41 Å². The molecular weight excluding hydrogens is 200 g/mol. The van der Waals surface area contributed by atoms with Gasteiger partial charge in [0.15, 0.2) is 5.82 Å². The van der Waals surface area contributed by atoms with Crippen molar-refractivity contribution in [3.05, 3.63) is 11.8 Å². The topological polar surface area (TPSA) is 52.0 Å². The summed E-state index contributed by atoms with van der Waals surface area (Å²) in [7, 11) is 0. The molecule has 0 aromatic carbocycles. The van der Waals surface area contributed by atoms with Crippen LogP contribution in [0.4, 0.5) is 5.82 Å². The van der Waals surface area contributed by atoms with E-state index in [2.05, 4.69) is 12.1 Å². The van der Waals surface area contributed by atoms with Crippen LogP contribution in [0.15, 0.2) is 10.6 Å². The molecular formula is C13H20N2O. The van der Waals surface area contributed by atoms with Gasteiger partial charge in [-0.3, -0.25) is 0 Å². The summed E-state index contributed by atoms with van der Waals surface area (Å²) in [6.45, 7) is 2.27. The summed E-state index contributed by atoms with van der Waals surface area (Å²) >= 11 is 0. The van der Waals surface area contributed by atoms with E-state index in [1.54, 1.807) is 0 Å². The van der Waals surface area contributed by atoms with Crippen LogP contribution in [0.3, 0.4) is 0 Å². The van der Waals surface area contributed by atoms with E-state index in [1.807, 2.05) is 6.07 Å². The molecule has 16 heavy (non-hydrogen) atoms. The summed E-state index contributed by atoms with van der Waals surface area (Å²) in [5.74, 6) is 3.37. The van der Waals surface area contributed by atoms with E-state index in [1.165, 1.54) is 32.1 Å². The predicted octanol–water partition coefficient (Wildman–Crippen LogP) is 3.11. The van der Waals surface area contributed by atoms with Gasteiger partial charge in [0, 0.05) is 11.5 Å². The van der Waals surface area contributed by atoms with Crippen LogP contribution in [0.2, 0.25) is 0 Å². The zero-order valence-electron chi connectivity index (χ0n) is 9.91. The second kappa shape index (κ2) is 3.51. The average molecular weight is 220 g/mol. The van der Waals surface area contributed by atoms with Crippen LogP contribution in [-0.2, 0) is 5.41 Å². The van der Waals surface area contributed by atoms with Gasteiger partial charge >= 0.3 is 0 Å². The zero-order valence-corrected chi connectivity index (χ0v) is 9.91. The van der Waals surface area contributed by atoms with Crippen LogP contribution < -0.4 is 5.73 Å². The molecule has 0 amide bonds. The van der Waals surface area contributed by atoms with Gasteiger partial charge in [-0.2, -0.15) is 0 Å². The average Bonchev–Trinajstić information content (AvgIpc) is 2.86. The van der Waals surface area contributed by atoms with Gasteiger partial charge in [0.1, 0.15) is 5.76 Å². The number of nitrogen functional groups attached to an aromatic ring is 1. The Labute approximate surface area is 96.4 Å². The minimum Gasteiger partial charge on any atom is -0.381 e. The van der Waals surface area contributed by atoms with Crippen molar-refractivity contribution in [1.29, 1.82) is 0 Å². The van der Waals surface area contributed by atoms with Gasteiger partial charge in [-0.25, -0.2) is 0 Å². The maximum atomic E-state index is 5.68. The van der Waals surface area contributed by atoms with Crippen LogP contribution in [0, 0.1) is 11.8 Å². The van der Waals surface area contributed by atoms with Crippen LogP contribution in [0.1, 0.15) is 51.2 Å². The third-order valence-electron chi connectivity index (χ3n) is 4.74. The van der Waals surface area contributed by atoms with E-state index >= 15 is 0 Å². The summed E-state index contributed by atoms with van der Waals surface area (Å²) in [5.41, 5.74) is 5.91. The summed E-state index contributed by atoms with van der Waals surface area (Å²) in [4.78, 5) is 0. The van der Waals surface area contributed by atoms with E-state index in [0.29, 0.717) is 5.82 Å². The SMILES string of the molecule is CCC1(c2cc(N)no2)CC2CCC(C2)C1. The molecule has 1 heterocycles. The molecule has 3 heteroatoms. The Morgan fingerprint density at radius 3 is 2.62 bits per heavy atom. The third-order valence-corrected chi connectivity index (χ3v) is 4.74. The van der Waals surface area contributed by atoms with E-state index in [4.69, 9.17) is 10.3 Å². The van der Waals surface area contributed by atoms with Crippen molar-refractivity contribution in [2.24, 2.45) is 11.8 Å². The van der Waals surface area contributed by atoms with Crippen molar-refractivity contribution < 1.29 is 4.52 Å². The van der Waals surface area contributed by atoms with E-state index < -0.39 is 0 Å². The van der Waals surface area contributed by atoms with Gasteiger partial charge in [0.25, 0.3) is 0 Å². The molecule has 3 rings (SSSR count). The summed E-state index contributed by atoms with van der Waals surface area (Å²) in [6, 6.07) is 1.94. The Hall–Kier alpha value is -0.990. The van der Waals surface area contributed by atoms with Gasteiger partial charge in [-0.15, -0.1) is 0 Å². The molecule has 88 valence electrons. The van der Waals surface area contributed by atoms with Crippen LogP contribution in [0.5, 0.6) is 0 Å². The molecule has 1 aromatic rings. The molecule has 0 radical (unpaired) electrons. The summed E-state index contributed by atoms with van der Waals surface area (Å²) < 4.78 is 5.45. The molecule has 1 aromatic heterocycles. The Kier molecular flexibility index (Phi) is 2.23. The third kappa shape index (κ3) is 1.45. The van der Waals surface area contributed by atoms with Gasteiger partial charge in [0.2, 0.25) is 0 Å². The van der Waals surface area contributed by atoms with Gasteiger partial charge in [-0.1, -0.05) is 24.9 Å². The lowest BCUT2D eigenvalue weighted by Crippen LogP contribution is -2.32.